The monoisotopic (exact) mass is 358 g/mol. The summed E-state index contributed by atoms with van der Waals surface area (Å²) in [6, 6.07) is 0. The average molecular weight is 358 g/mol. The molecule has 1 aromatic heterocycles. The number of likely N-dealkylation sites (tertiary alicyclic amines) is 1. The highest BCUT2D eigenvalue weighted by molar-refractivity contribution is 7.89. The van der Waals surface area contributed by atoms with Crippen LogP contribution in [0, 0.1) is 5.92 Å². The van der Waals surface area contributed by atoms with Crippen LogP contribution in [0.1, 0.15) is 43.5 Å². The predicted octanol–water partition coefficient (Wildman–Crippen LogP) is 0.987. The fraction of sp³-hybridized carbons (Fsp3) is 0.733. The quantitative estimate of drug-likeness (QED) is 0.530. The van der Waals surface area contributed by atoms with Crippen LogP contribution >= 0.6 is 0 Å². The lowest BCUT2D eigenvalue weighted by atomic mass is 9.99. The molecule has 2 rings (SSSR count). The molecule has 2 heterocycles. The summed E-state index contributed by atoms with van der Waals surface area (Å²) >= 11 is 0. The lowest BCUT2D eigenvalue weighted by Gasteiger charge is -2.30. The maximum absolute atomic E-state index is 12.3. The van der Waals surface area contributed by atoms with Crippen molar-refractivity contribution in [3.05, 3.63) is 11.8 Å². The number of aromatic nitrogens is 2. The van der Waals surface area contributed by atoms with Crippen LogP contribution in [-0.4, -0.2) is 62.3 Å². The third kappa shape index (κ3) is 5.02. The minimum Gasteiger partial charge on any atom is -0.462 e. The lowest BCUT2D eigenvalue weighted by Crippen LogP contribution is -2.35. The van der Waals surface area contributed by atoms with Gasteiger partial charge in [0, 0.05) is 6.54 Å². The molecule has 0 amide bonds. The molecule has 1 aliphatic heterocycles. The number of carbonyl (C=O) groups is 1. The molecule has 0 bridgehead atoms. The van der Waals surface area contributed by atoms with Crippen molar-refractivity contribution in [3.8, 4) is 0 Å². The number of aromatic amines is 1. The van der Waals surface area contributed by atoms with Crippen molar-refractivity contribution in [2.75, 3.05) is 32.8 Å². The molecular weight excluding hydrogens is 332 g/mol. The number of sulfonamides is 1. The van der Waals surface area contributed by atoms with Gasteiger partial charge in [0.25, 0.3) is 10.0 Å². The van der Waals surface area contributed by atoms with E-state index in [1.807, 2.05) is 0 Å². The first-order valence-electron chi connectivity index (χ1n) is 8.36. The third-order valence-electron chi connectivity index (χ3n) is 4.19. The Kier molecular flexibility index (Phi) is 6.76. The summed E-state index contributed by atoms with van der Waals surface area (Å²) in [4.78, 5) is 14.1. The maximum atomic E-state index is 12.3. The molecule has 0 spiro atoms. The van der Waals surface area contributed by atoms with Gasteiger partial charge in [-0.2, -0.15) is 5.10 Å². The van der Waals surface area contributed by atoms with Crippen LogP contribution in [0.3, 0.4) is 0 Å². The highest BCUT2D eigenvalue weighted by atomic mass is 32.2. The molecule has 0 aromatic carbocycles. The van der Waals surface area contributed by atoms with Gasteiger partial charge in [-0.25, -0.2) is 17.9 Å². The Bertz CT molecular complexity index is 636. The average Bonchev–Trinajstić information content (AvgIpc) is 3.04. The molecule has 1 aromatic rings. The predicted molar refractivity (Wildman–Crippen MR) is 89.2 cm³/mol. The first-order chi connectivity index (χ1) is 11.4. The number of rotatable bonds is 8. The normalized spacial score (nSPS) is 17.1. The fourth-order valence-electron chi connectivity index (χ4n) is 2.70. The molecule has 0 saturated carbocycles. The van der Waals surface area contributed by atoms with Crippen LogP contribution in [0.5, 0.6) is 0 Å². The van der Waals surface area contributed by atoms with Gasteiger partial charge in [0.15, 0.2) is 5.03 Å². The van der Waals surface area contributed by atoms with Crippen LogP contribution < -0.4 is 4.72 Å². The molecule has 8 nitrogen and oxygen atoms in total. The van der Waals surface area contributed by atoms with Gasteiger partial charge in [0.2, 0.25) is 0 Å². The largest absolute Gasteiger partial charge is 0.462 e. The number of ether oxygens (including phenoxy) is 1. The first kappa shape index (κ1) is 18.9. The number of nitrogens with zero attached hydrogens (tertiary/aromatic N) is 2. The highest BCUT2D eigenvalue weighted by Gasteiger charge is 2.25. The van der Waals surface area contributed by atoms with Gasteiger partial charge in [-0.3, -0.25) is 5.10 Å². The molecule has 1 saturated heterocycles. The van der Waals surface area contributed by atoms with Crippen molar-refractivity contribution in [2.45, 2.75) is 38.1 Å². The zero-order valence-corrected chi connectivity index (χ0v) is 15.1. The van der Waals surface area contributed by atoms with E-state index in [-0.39, 0.29) is 17.2 Å². The molecule has 0 atom stereocenters. The number of hydrogen-bond acceptors (Lipinski definition) is 6. The molecule has 0 unspecified atom stereocenters. The van der Waals surface area contributed by atoms with E-state index in [1.54, 1.807) is 6.92 Å². The van der Waals surface area contributed by atoms with Crippen molar-refractivity contribution in [1.82, 2.24) is 19.8 Å². The van der Waals surface area contributed by atoms with E-state index in [9.17, 15) is 13.2 Å². The summed E-state index contributed by atoms with van der Waals surface area (Å²) in [5.74, 6) is 0.0792. The van der Waals surface area contributed by atoms with Gasteiger partial charge < -0.3 is 9.64 Å². The van der Waals surface area contributed by atoms with E-state index in [0.29, 0.717) is 6.54 Å². The molecule has 0 radical (unpaired) electrons. The van der Waals surface area contributed by atoms with E-state index in [2.05, 4.69) is 26.7 Å². The zero-order valence-electron chi connectivity index (χ0n) is 14.2. The lowest BCUT2D eigenvalue weighted by molar-refractivity contribution is 0.0522. The highest BCUT2D eigenvalue weighted by Crippen LogP contribution is 2.16. The minimum absolute atomic E-state index is 0.0747. The third-order valence-corrected chi connectivity index (χ3v) is 5.62. The summed E-state index contributed by atoms with van der Waals surface area (Å²) in [7, 11) is -3.81. The fourth-order valence-corrected chi connectivity index (χ4v) is 3.86. The van der Waals surface area contributed by atoms with Crippen molar-refractivity contribution in [3.63, 3.8) is 0 Å². The smallest absolute Gasteiger partial charge is 0.342 e. The number of piperidine rings is 1. The van der Waals surface area contributed by atoms with Gasteiger partial charge in [0.1, 0.15) is 5.56 Å². The molecule has 136 valence electrons. The van der Waals surface area contributed by atoms with E-state index < -0.39 is 16.0 Å². The second-order valence-corrected chi connectivity index (χ2v) is 7.81. The summed E-state index contributed by atoms with van der Waals surface area (Å²) in [6.45, 7) is 7.41. The van der Waals surface area contributed by atoms with Crippen LogP contribution in [0.4, 0.5) is 0 Å². The minimum atomic E-state index is -3.81. The topological polar surface area (TPSA) is 104 Å². The van der Waals surface area contributed by atoms with E-state index in [1.165, 1.54) is 19.0 Å². The van der Waals surface area contributed by atoms with Crippen LogP contribution in [0.2, 0.25) is 0 Å². The van der Waals surface area contributed by atoms with Gasteiger partial charge in [-0.05, 0) is 51.7 Å². The molecule has 2 N–H and O–H groups in total. The van der Waals surface area contributed by atoms with E-state index in [0.717, 1.165) is 32.0 Å². The van der Waals surface area contributed by atoms with Gasteiger partial charge in [-0.15, -0.1) is 0 Å². The Morgan fingerprint density at radius 2 is 2.17 bits per heavy atom. The molecule has 1 fully saturated rings. The summed E-state index contributed by atoms with van der Waals surface area (Å²) < 4.78 is 32.0. The Morgan fingerprint density at radius 3 is 2.83 bits per heavy atom. The van der Waals surface area contributed by atoms with Crippen LogP contribution in [0.15, 0.2) is 11.2 Å². The Balaban J connectivity index is 1.84. The number of carbonyl (C=O) groups excluding carboxylic acids is 1. The zero-order chi connectivity index (χ0) is 17.6. The van der Waals surface area contributed by atoms with Crippen molar-refractivity contribution in [2.24, 2.45) is 5.92 Å². The summed E-state index contributed by atoms with van der Waals surface area (Å²) in [6.07, 6.45) is 4.28. The van der Waals surface area contributed by atoms with Crippen LogP contribution in [-0.2, 0) is 14.8 Å². The number of nitrogens with one attached hydrogen (secondary N) is 2. The molecule has 9 heteroatoms. The number of hydrogen-bond donors (Lipinski definition) is 2. The second kappa shape index (κ2) is 8.59. The van der Waals surface area contributed by atoms with Crippen molar-refractivity contribution in [1.29, 1.82) is 0 Å². The Morgan fingerprint density at radius 1 is 1.46 bits per heavy atom. The van der Waals surface area contributed by atoms with Gasteiger partial charge in [-0.1, -0.05) is 6.92 Å². The first-order valence-corrected chi connectivity index (χ1v) is 9.85. The summed E-state index contributed by atoms with van der Waals surface area (Å²) in [5, 5.41) is 5.77. The Labute approximate surface area is 143 Å². The van der Waals surface area contributed by atoms with Crippen molar-refractivity contribution >= 4 is 16.0 Å². The maximum Gasteiger partial charge on any atom is 0.342 e. The van der Waals surface area contributed by atoms with E-state index in [4.69, 9.17) is 4.74 Å². The number of H-pyrrole nitrogens is 1. The number of esters is 1. The summed E-state index contributed by atoms with van der Waals surface area (Å²) in [5.41, 5.74) is -0.0747. The molecule has 24 heavy (non-hydrogen) atoms. The van der Waals surface area contributed by atoms with Gasteiger partial charge >= 0.3 is 5.97 Å². The van der Waals surface area contributed by atoms with E-state index >= 15 is 0 Å². The van der Waals surface area contributed by atoms with Crippen molar-refractivity contribution < 1.29 is 17.9 Å². The van der Waals surface area contributed by atoms with Crippen LogP contribution in [0.25, 0.3) is 0 Å². The van der Waals surface area contributed by atoms with Gasteiger partial charge in [0.05, 0.1) is 12.8 Å². The molecule has 0 aliphatic carbocycles. The Hall–Kier alpha value is -1.45. The second-order valence-electron chi connectivity index (χ2n) is 6.11. The SMILES string of the molecule is CCOC(=O)c1cn[nH]c1S(=O)(=O)NCCCN1CCC(C)CC1. The molecule has 1 aliphatic rings. The molecular formula is C15H26N4O4S. The standard InChI is InChI=1S/C15H26N4O4S/c1-3-23-15(20)13-11-16-18-14(13)24(21,22)17-7-4-8-19-9-5-12(2)6-10-19/h11-12,17H,3-10H2,1-2H3,(H,16,18).